The van der Waals surface area contributed by atoms with Crippen molar-refractivity contribution >= 4 is 17.0 Å². The van der Waals surface area contributed by atoms with E-state index < -0.39 is 5.97 Å². The van der Waals surface area contributed by atoms with Gasteiger partial charge in [0.1, 0.15) is 5.65 Å². The molecule has 6 heteroatoms. The van der Waals surface area contributed by atoms with E-state index in [1.165, 1.54) is 12.3 Å². The Bertz CT molecular complexity index is 582. The number of H-pyrrole nitrogens is 2. The van der Waals surface area contributed by atoms with Crippen LogP contribution in [0.2, 0.25) is 0 Å². The van der Waals surface area contributed by atoms with Crippen LogP contribution in [0.15, 0.2) is 17.1 Å². The lowest BCUT2D eigenvalue weighted by atomic mass is 10.2. The minimum Gasteiger partial charge on any atom is -0.459 e. The Morgan fingerprint density at radius 3 is 2.94 bits per heavy atom. The molecule has 2 rings (SSSR count). The zero-order valence-corrected chi connectivity index (χ0v) is 8.90. The molecule has 0 aliphatic rings. The fourth-order valence-electron chi connectivity index (χ4n) is 1.40. The molecule has 0 bridgehead atoms. The number of carbonyl (C=O) groups is 1. The van der Waals surface area contributed by atoms with E-state index in [0.717, 1.165) is 0 Å². The molecule has 0 saturated carbocycles. The van der Waals surface area contributed by atoms with Crippen molar-refractivity contribution < 1.29 is 9.53 Å². The maximum atomic E-state index is 11.7. The van der Waals surface area contributed by atoms with Gasteiger partial charge in [-0.2, -0.15) is 5.10 Å². The largest absolute Gasteiger partial charge is 0.459 e. The number of ether oxygens (including phenoxy) is 1. The predicted molar refractivity (Wildman–Crippen MR) is 57.3 cm³/mol. The van der Waals surface area contributed by atoms with Crippen molar-refractivity contribution in [3.63, 3.8) is 0 Å². The van der Waals surface area contributed by atoms with Crippen LogP contribution in [0.1, 0.15) is 24.2 Å². The highest BCUT2D eigenvalue weighted by Crippen LogP contribution is 2.13. The van der Waals surface area contributed by atoms with Gasteiger partial charge in [0, 0.05) is 6.07 Å². The van der Waals surface area contributed by atoms with Crippen molar-refractivity contribution in [2.24, 2.45) is 0 Å². The Morgan fingerprint density at radius 1 is 1.50 bits per heavy atom. The molecule has 16 heavy (non-hydrogen) atoms. The molecule has 0 aliphatic heterocycles. The summed E-state index contributed by atoms with van der Waals surface area (Å²) in [5.74, 6) is -0.521. The van der Waals surface area contributed by atoms with Gasteiger partial charge in [-0.15, -0.1) is 0 Å². The summed E-state index contributed by atoms with van der Waals surface area (Å²) in [6.07, 6.45) is 1.25. The van der Waals surface area contributed by atoms with Gasteiger partial charge in [-0.25, -0.2) is 4.79 Å². The molecule has 0 atom stereocenters. The lowest BCUT2D eigenvalue weighted by Crippen LogP contribution is -2.15. The third kappa shape index (κ3) is 1.81. The van der Waals surface area contributed by atoms with Crippen LogP contribution < -0.4 is 5.56 Å². The number of carbonyl (C=O) groups excluding carboxylic acids is 1. The average Bonchev–Trinajstić information content (AvgIpc) is 2.62. The van der Waals surface area contributed by atoms with Gasteiger partial charge in [0.2, 0.25) is 5.56 Å². The number of nitrogens with one attached hydrogen (secondary N) is 2. The number of hydrogen-bond acceptors (Lipinski definition) is 4. The normalized spacial score (nSPS) is 10.9. The van der Waals surface area contributed by atoms with Crippen LogP contribution in [0.4, 0.5) is 0 Å². The molecule has 84 valence electrons. The summed E-state index contributed by atoms with van der Waals surface area (Å²) in [6.45, 7) is 3.50. The van der Waals surface area contributed by atoms with Gasteiger partial charge in [-0.3, -0.25) is 9.89 Å². The minimum atomic E-state index is -0.521. The van der Waals surface area contributed by atoms with E-state index in [4.69, 9.17) is 4.74 Å². The topological polar surface area (TPSA) is 87.8 Å². The molecule has 0 fully saturated rings. The Balaban J connectivity index is 2.54. The zero-order chi connectivity index (χ0) is 11.7. The number of nitrogens with zero attached hydrogens (tertiary/aromatic N) is 1. The molecule has 0 amide bonds. The second-order valence-corrected chi connectivity index (χ2v) is 3.66. The molecular formula is C10H11N3O3. The Labute approximate surface area is 90.6 Å². The predicted octanol–water partition coefficient (Wildman–Crippen LogP) is 0.816. The summed E-state index contributed by atoms with van der Waals surface area (Å²) in [5.41, 5.74) is 0.275. The number of esters is 1. The highest BCUT2D eigenvalue weighted by molar-refractivity contribution is 6.02. The van der Waals surface area contributed by atoms with Crippen molar-refractivity contribution in [2.75, 3.05) is 0 Å². The zero-order valence-electron chi connectivity index (χ0n) is 8.90. The van der Waals surface area contributed by atoms with Crippen LogP contribution in [-0.4, -0.2) is 27.3 Å². The number of fused-ring (bicyclic) bond motifs is 1. The molecule has 2 aromatic rings. The summed E-state index contributed by atoms with van der Waals surface area (Å²) in [7, 11) is 0. The highest BCUT2D eigenvalue weighted by Gasteiger charge is 2.15. The molecule has 2 aromatic heterocycles. The van der Waals surface area contributed by atoms with E-state index in [1.807, 2.05) is 0 Å². The smallest absolute Gasteiger partial charge is 0.339 e. The lowest BCUT2D eigenvalue weighted by molar-refractivity contribution is 0.0380. The van der Waals surface area contributed by atoms with Gasteiger partial charge in [0.15, 0.2) is 0 Å². The number of hydrogen-bond donors (Lipinski definition) is 2. The summed E-state index contributed by atoms with van der Waals surface area (Å²) < 4.78 is 5.04. The van der Waals surface area contributed by atoms with E-state index in [9.17, 15) is 9.59 Å². The van der Waals surface area contributed by atoms with Crippen LogP contribution >= 0.6 is 0 Å². The standard InChI is InChI=1S/C10H11N3O3/c1-5(2)16-10(15)6-3-8(14)12-9-7(6)4-11-13-9/h3-5H,1-2H3,(H2,11,12,13,14). The van der Waals surface area contributed by atoms with Crippen molar-refractivity contribution in [3.05, 3.63) is 28.2 Å². The summed E-state index contributed by atoms with van der Waals surface area (Å²) in [4.78, 5) is 25.5. The summed E-state index contributed by atoms with van der Waals surface area (Å²) in [6, 6.07) is 1.21. The maximum absolute atomic E-state index is 11.7. The van der Waals surface area contributed by atoms with E-state index in [2.05, 4.69) is 15.2 Å². The fraction of sp³-hybridized carbons (Fsp3) is 0.300. The molecule has 0 saturated heterocycles. The van der Waals surface area contributed by atoms with E-state index in [1.54, 1.807) is 13.8 Å². The maximum Gasteiger partial charge on any atom is 0.339 e. The second-order valence-electron chi connectivity index (χ2n) is 3.66. The van der Waals surface area contributed by atoms with Gasteiger partial charge < -0.3 is 9.72 Å². The quantitative estimate of drug-likeness (QED) is 0.735. The van der Waals surface area contributed by atoms with Crippen LogP contribution in [0, 0.1) is 0 Å². The number of pyridine rings is 1. The van der Waals surface area contributed by atoms with Crippen molar-refractivity contribution in [3.8, 4) is 0 Å². The van der Waals surface area contributed by atoms with Gasteiger partial charge in [0.05, 0.1) is 23.3 Å². The van der Waals surface area contributed by atoms with Crippen molar-refractivity contribution in [1.82, 2.24) is 15.2 Å². The van der Waals surface area contributed by atoms with E-state index >= 15 is 0 Å². The van der Waals surface area contributed by atoms with Crippen molar-refractivity contribution in [1.29, 1.82) is 0 Å². The molecule has 2 N–H and O–H groups in total. The first-order chi connectivity index (χ1) is 7.58. The lowest BCUT2D eigenvalue weighted by Gasteiger charge is -2.07. The highest BCUT2D eigenvalue weighted by atomic mass is 16.5. The molecule has 0 unspecified atom stereocenters. The van der Waals surface area contributed by atoms with E-state index in [-0.39, 0.29) is 17.2 Å². The molecule has 6 nitrogen and oxygen atoms in total. The Morgan fingerprint density at radius 2 is 2.25 bits per heavy atom. The Hall–Kier alpha value is -2.11. The molecule has 2 heterocycles. The number of rotatable bonds is 2. The molecule has 0 aromatic carbocycles. The van der Waals surface area contributed by atoms with Crippen LogP contribution in [0.25, 0.3) is 11.0 Å². The van der Waals surface area contributed by atoms with Gasteiger partial charge >= 0.3 is 5.97 Å². The Kier molecular flexibility index (Phi) is 2.47. The van der Waals surface area contributed by atoms with Crippen LogP contribution in [0.3, 0.4) is 0 Å². The summed E-state index contributed by atoms with van der Waals surface area (Å²) in [5, 5.41) is 6.90. The first-order valence-electron chi connectivity index (χ1n) is 4.85. The third-order valence-corrected chi connectivity index (χ3v) is 2.02. The number of aromatic amines is 2. The second kappa shape index (κ2) is 3.80. The molecule has 0 spiro atoms. The van der Waals surface area contributed by atoms with Gasteiger partial charge in [0.25, 0.3) is 0 Å². The minimum absolute atomic E-state index is 0.223. The molecule has 0 radical (unpaired) electrons. The third-order valence-electron chi connectivity index (χ3n) is 2.02. The van der Waals surface area contributed by atoms with Gasteiger partial charge in [-0.05, 0) is 13.8 Å². The first-order valence-corrected chi connectivity index (χ1v) is 4.85. The monoisotopic (exact) mass is 221 g/mol. The van der Waals surface area contributed by atoms with Crippen LogP contribution in [-0.2, 0) is 4.74 Å². The van der Waals surface area contributed by atoms with E-state index in [0.29, 0.717) is 11.0 Å². The molecule has 0 aliphatic carbocycles. The molecular weight excluding hydrogens is 210 g/mol. The first kappa shape index (κ1) is 10.4. The fourth-order valence-corrected chi connectivity index (χ4v) is 1.40. The van der Waals surface area contributed by atoms with Crippen LogP contribution in [0.5, 0.6) is 0 Å². The average molecular weight is 221 g/mol. The number of aromatic nitrogens is 3. The van der Waals surface area contributed by atoms with Crippen molar-refractivity contribution in [2.45, 2.75) is 20.0 Å². The summed E-state index contributed by atoms with van der Waals surface area (Å²) >= 11 is 0. The SMILES string of the molecule is CC(C)OC(=O)c1cc(=O)[nH]c2[nH]ncc12. The van der Waals surface area contributed by atoms with Gasteiger partial charge in [-0.1, -0.05) is 0 Å².